The third-order valence-electron chi connectivity index (χ3n) is 2.46. The summed E-state index contributed by atoms with van der Waals surface area (Å²) in [5, 5.41) is 2.57. The molecule has 1 rings (SSSR count). The van der Waals surface area contributed by atoms with E-state index in [1.165, 1.54) is 0 Å². The van der Waals surface area contributed by atoms with E-state index in [1.54, 1.807) is 4.90 Å². The van der Waals surface area contributed by atoms with Crippen molar-refractivity contribution in [3.8, 4) is 0 Å². The lowest BCUT2D eigenvalue weighted by molar-refractivity contribution is -0.131. The lowest BCUT2D eigenvalue weighted by atomic mass is 10.2. The second kappa shape index (κ2) is 4.25. The summed E-state index contributed by atoms with van der Waals surface area (Å²) in [6.07, 6.45) is 1.36. The minimum Gasteiger partial charge on any atom is -0.347 e. The van der Waals surface area contributed by atoms with Gasteiger partial charge in [0.15, 0.2) is 0 Å². The van der Waals surface area contributed by atoms with Crippen LogP contribution in [0, 0.1) is 0 Å². The fourth-order valence-corrected chi connectivity index (χ4v) is 1.40. The van der Waals surface area contributed by atoms with Gasteiger partial charge in [0.05, 0.1) is 6.54 Å². The highest BCUT2D eigenvalue weighted by Crippen LogP contribution is 2.06. The predicted octanol–water partition coefficient (Wildman–Crippen LogP) is 0.133. The van der Waals surface area contributed by atoms with E-state index in [-0.39, 0.29) is 24.4 Å². The summed E-state index contributed by atoms with van der Waals surface area (Å²) < 4.78 is 0. The van der Waals surface area contributed by atoms with Gasteiger partial charge in [0, 0.05) is 19.0 Å². The molecule has 0 spiro atoms. The van der Waals surface area contributed by atoms with Crippen molar-refractivity contribution >= 4 is 11.8 Å². The summed E-state index contributed by atoms with van der Waals surface area (Å²) in [7, 11) is 0. The Morgan fingerprint density at radius 1 is 1.54 bits per heavy atom. The Morgan fingerprint density at radius 2 is 2.23 bits per heavy atom. The van der Waals surface area contributed by atoms with Gasteiger partial charge >= 0.3 is 0 Å². The van der Waals surface area contributed by atoms with Crippen LogP contribution in [-0.4, -0.2) is 35.8 Å². The Morgan fingerprint density at radius 3 is 2.85 bits per heavy atom. The van der Waals surface area contributed by atoms with Crippen LogP contribution in [0.4, 0.5) is 0 Å². The van der Waals surface area contributed by atoms with Gasteiger partial charge in [0.1, 0.15) is 0 Å². The van der Waals surface area contributed by atoms with Crippen LogP contribution in [0.2, 0.25) is 0 Å². The zero-order valence-corrected chi connectivity index (χ0v) is 8.17. The van der Waals surface area contributed by atoms with Crippen LogP contribution in [0.5, 0.6) is 0 Å². The Bertz CT molecular complexity index is 216. The van der Waals surface area contributed by atoms with E-state index >= 15 is 0 Å². The van der Waals surface area contributed by atoms with Crippen molar-refractivity contribution < 1.29 is 9.59 Å². The minimum absolute atomic E-state index is 0.0280. The van der Waals surface area contributed by atoms with Gasteiger partial charge in [-0.05, 0) is 13.3 Å². The van der Waals surface area contributed by atoms with Crippen molar-refractivity contribution in [3.05, 3.63) is 0 Å². The maximum atomic E-state index is 11.5. The first kappa shape index (κ1) is 10.0. The van der Waals surface area contributed by atoms with Gasteiger partial charge in [-0.2, -0.15) is 0 Å². The lowest BCUT2D eigenvalue weighted by Crippen LogP contribution is -2.40. The van der Waals surface area contributed by atoms with E-state index in [0.29, 0.717) is 13.0 Å². The summed E-state index contributed by atoms with van der Waals surface area (Å²) in [5.74, 6) is -0.000599. The Labute approximate surface area is 78.3 Å². The summed E-state index contributed by atoms with van der Waals surface area (Å²) in [4.78, 5) is 24.2. The van der Waals surface area contributed by atoms with E-state index in [1.807, 2.05) is 13.8 Å². The molecule has 4 nitrogen and oxygen atoms in total. The minimum atomic E-state index is -0.0286. The molecule has 1 atom stereocenters. The van der Waals surface area contributed by atoms with Crippen molar-refractivity contribution in [2.75, 3.05) is 13.1 Å². The van der Waals surface area contributed by atoms with Crippen molar-refractivity contribution in [2.45, 2.75) is 32.7 Å². The number of hydrogen-bond acceptors (Lipinski definition) is 2. The van der Waals surface area contributed by atoms with Crippen molar-refractivity contribution in [1.82, 2.24) is 10.2 Å². The van der Waals surface area contributed by atoms with Gasteiger partial charge in [-0.15, -0.1) is 0 Å². The van der Waals surface area contributed by atoms with Gasteiger partial charge in [0.2, 0.25) is 11.8 Å². The van der Waals surface area contributed by atoms with Crippen molar-refractivity contribution in [2.24, 2.45) is 0 Å². The maximum absolute atomic E-state index is 11.5. The number of amides is 2. The van der Waals surface area contributed by atoms with Gasteiger partial charge in [-0.3, -0.25) is 9.59 Å². The molecular formula is C9H16N2O2. The predicted molar refractivity (Wildman–Crippen MR) is 49.1 cm³/mol. The molecule has 1 aliphatic heterocycles. The van der Waals surface area contributed by atoms with Gasteiger partial charge in [-0.25, -0.2) is 0 Å². The molecule has 1 saturated heterocycles. The summed E-state index contributed by atoms with van der Waals surface area (Å²) in [6, 6.07) is 0.236. The molecule has 0 radical (unpaired) electrons. The molecule has 0 aromatic rings. The van der Waals surface area contributed by atoms with Crippen LogP contribution in [-0.2, 0) is 9.59 Å². The lowest BCUT2D eigenvalue weighted by Gasteiger charge is -2.26. The molecule has 1 fully saturated rings. The number of nitrogens with zero attached hydrogens (tertiary/aromatic N) is 1. The molecule has 0 aliphatic carbocycles. The maximum Gasteiger partial charge on any atom is 0.242 e. The van der Waals surface area contributed by atoms with E-state index in [2.05, 4.69) is 5.32 Å². The van der Waals surface area contributed by atoms with E-state index in [9.17, 15) is 9.59 Å². The summed E-state index contributed by atoms with van der Waals surface area (Å²) >= 11 is 0. The molecule has 0 bridgehead atoms. The third kappa shape index (κ3) is 2.44. The number of carbonyl (C=O) groups excluding carboxylic acids is 2. The molecule has 74 valence electrons. The van der Waals surface area contributed by atoms with Crippen LogP contribution in [0.3, 0.4) is 0 Å². The summed E-state index contributed by atoms with van der Waals surface area (Å²) in [6.45, 7) is 4.76. The molecule has 0 aromatic heterocycles. The van der Waals surface area contributed by atoms with Crippen LogP contribution in [0.25, 0.3) is 0 Å². The molecule has 1 heterocycles. The molecule has 0 saturated carbocycles. The fraction of sp³-hybridized carbons (Fsp3) is 0.778. The number of hydrogen-bond donors (Lipinski definition) is 1. The highest BCUT2D eigenvalue weighted by molar-refractivity contribution is 5.87. The van der Waals surface area contributed by atoms with Crippen molar-refractivity contribution in [3.63, 3.8) is 0 Å². The number of nitrogens with one attached hydrogen (secondary N) is 1. The zero-order chi connectivity index (χ0) is 9.84. The molecule has 1 N–H and O–H groups in total. The Balaban J connectivity index is 2.62. The Hall–Kier alpha value is -1.06. The number of carbonyl (C=O) groups is 2. The standard InChI is InChI=1S/C9H16N2O2/c1-3-7(2)11-5-4-8(12)10-6-9(11)13/h7H,3-6H2,1-2H3,(H,10,12). The van der Waals surface area contributed by atoms with Crippen LogP contribution in [0.15, 0.2) is 0 Å². The molecule has 1 aliphatic rings. The quantitative estimate of drug-likeness (QED) is 0.663. The van der Waals surface area contributed by atoms with Crippen molar-refractivity contribution in [1.29, 1.82) is 0 Å². The third-order valence-corrected chi connectivity index (χ3v) is 2.46. The van der Waals surface area contributed by atoms with Gasteiger partial charge in [-0.1, -0.05) is 6.92 Å². The first-order chi connectivity index (χ1) is 6.15. The molecular weight excluding hydrogens is 168 g/mol. The molecule has 0 aromatic carbocycles. The van der Waals surface area contributed by atoms with E-state index < -0.39 is 0 Å². The van der Waals surface area contributed by atoms with Gasteiger partial charge < -0.3 is 10.2 Å². The van der Waals surface area contributed by atoms with Crippen LogP contribution >= 0.6 is 0 Å². The molecule has 2 amide bonds. The monoisotopic (exact) mass is 184 g/mol. The van der Waals surface area contributed by atoms with Gasteiger partial charge in [0.25, 0.3) is 0 Å². The molecule has 13 heavy (non-hydrogen) atoms. The smallest absolute Gasteiger partial charge is 0.242 e. The average molecular weight is 184 g/mol. The SMILES string of the molecule is CCC(C)N1CCC(=O)NCC1=O. The topological polar surface area (TPSA) is 49.4 Å². The Kier molecular flexibility index (Phi) is 3.28. The summed E-state index contributed by atoms with van der Waals surface area (Å²) in [5.41, 5.74) is 0. The highest BCUT2D eigenvalue weighted by atomic mass is 16.2. The van der Waals surface area contributed by atoms with E-state index in [4.69, 9.17) is 0 Å². The molecule has 4 heteroatoms. The van der Waals surface area contributed by atoms with E-state index in [0.717, 1.165) is 6.42 Å². The normalized spacial score (nSPS) is 20.9. The number of rotatable bonds is 2. The fourth-order valence-electron chi connectivity index (χ4n) is 1.40. The second-order valence-corrected chi connectivity index (χ2v) is 3.37. The second-order valence-electron chi connectivity index (χ2n) is 3.37. The largest absolute Gasteiger partial charge is 0.347 e. The molecule has 1 unspecified atom stereocenters. The first-order valence-electron chi connectivity index (χ1n) is 4.71. The average Bonchev–Trinajstić information content (AvgIpc) is 2.28. The van der Waals surface area contributed by atoms with Crippen LogP contribution in [0.1, 0.15) is 26.7 Å². The first-order valence-corrected chi connectivity index (χ1v) is 4.71. The van der Waals surface area contributed by atoms with Crippen LogP contribution < -0.4 is 5.32 Å². The highest BCUT2D eigenvalue weighted by Gasteiger charge is 2.22. The zero-order valence-electron chi connectivity index (χ0n) is 8.17.